The van der Waals surface area contributed by atoms with Crippen molar-refractivity contribution in [3.8, 4) is 0 Å². The molecular weight excluding hydrogens is 300 g/mol. The monoisotopic (exact) mass is 324 g/mol. The van der Waals surface area contributed by atoms with Crippen LogP contribution in [0, 0.1) is 16.7 Å². The first-order valence-electron chi connectivity index (χ1n) is 8.76. The highest BCUT2D eigenvalue weighted by Crippen LogP contribution is 2.65. The minimum atomic E-state index is -0.238. The van der Waals surface area contributed by atoms with Gasteiger partial charge in [0, 0.05) is 23.0 Å². The summed E-state index contributed by atoms with van der Waals surface area (Å²) in [6, 6.07) is 9.05. The van der Waals surface area contributed by atoms with E-state index in [1.807, 2.05) is 24.3 Å². The first kappa shape index (κ1) is 15.4. The highest BCUT2D eigenvalue weighted by atomic mass is 16.2. The molecule has 1 amide bonds. The Morgan fingerprint density at radius 3 is 2.67 bits per heavy atom. The van der Waals surface area contributed by atoms with Crippen molar-refractivity contribution in [1.29, 1.82) is 0 Å². The summed E-state index contributed by atoms with van der Waals surface area (Å²) in [5, 5.41) is 4.04. The standard InChI is InChI=1S/C20H24N2O2/c1-19(2)12-8-9-20(19,3)16(10-12)22-18(24)14-11-17(23)21-15-7-5-4-6-13(14)15/h4-7,11-12,16H,8-10H2,1-3H3,(H,21,23)(H,22,24)/t12-,16-,20-/m0/s1. The molecule has 0 unspecified atom stereocenters. The largest absolute Gasteiger partial charge is 0.349 e. The second-order valence-corrected chi connectivity index (χ2v) is 8.23. The van der Waals surface area contributed by atoms with E-state index in [0.717, 1.165) is 18.2 Å². The molecule has 0 spiro atoms. The predicted molar refractivity (Wildman–Crippen MR) is 95.1 cm³/mol. The van der Waals surface area contributed by atoms with Crippen LogP contribution in [0.5, 0.6) is 0 Å². The van der Waals surface area contributed by atoms with E-state index in [4.69, 9.17) is 0 Å². The van der Waals surface area contributed by atoms with Gasteiger partial charge in [-0.1, -0.05) is 39.0 Å². The number of para-hydroxylation sites is 1. The number of rotatable bonds is 2. The van der Waals surface area contributed by atoms with Gasteiger partial charge in [-0.2, -0.15) is 0 Å². The minimum absolute atomic E-state index is 0.129. The van der Waals surface area contributed by atoms with Crippen molar-refractivity contribution < 1.29 is 4.79 Å². The van der Waals surface area contributed by atoms with Gasteiger partial charge in [0.25, 0.3) is 5.91 Å². The van der Waals surface area contributed by atoms with Crippen molar-refractivity contribution in [3.05, 3.63) is 46.2 Å². The summed E-state index contributed by atoms with van der Waals surface area (Å²) in [7, 11) is 0. The number of carbonyl (C=O) groups excluding carboxylic acids is 1. The zero-order chi connectivity index (χ0) is 17.1. The first-order valence-corrected chi connectivity index (χ1v) is 8.76. The van der Waals surface area contributed by atoms with Crippen LogP contribution in [-0.4, -0.2) is 16.9 Å². The molecule has 2 bridgehead atoms. The molecule has 2 aromatic rings. The number of aromatic nitrogens is 1. The Labute approximate surface area is 141 Å². The zero-order valence-corrected chi connectivity index (χ0v) is 14.5. The summed E-state index contributed by atoms with van der Waals surface area (Å²) in [6.45, 7) is 6.97. The molecule has 2 aliphatic rings. The van der Waals surface area contributed by atoms with E-state index in [1.165, 1.54) is 12.5 Å². The smallest absolute Gasteiger partial charge is 0.252 e. The molecule has 1 aromatic heterocycles. The van der Waals surface area contributed by atoms with Crippen LogP contribution < -0.4 is 10.9 Å². The second-order valence-electron chi connectivity index (χ2n) is 8.23. The number of benzene rings is 1. The number of pyridine rings is 1. The van der Waals surface area contributed by atoms with Crippen LogP contribution in [0.3, 0.4) is 0 Å². The number of hydrogen-bond acceptors (Lipinski definition) is 2. The lowest BCUT2D eigenvalue weighted by Gasteiger charge is -2.39. The normalized spacial score (nSPS) is 30.6. The van der Waals surface area contributed by atoms with Crippen molar-refractivity contribution in [2.75, 3.05) is 0 Å². The fourth-order valence-electron chi connectivity index (χ4n) is 5.05. The van der Waals surface area contributed by atoms with Crippen molar-refractivity contribution >= 4 is 16.8 Å². The third kappa shape index (κ3) is 1.98. The fraction of sp³-hybridized carbons (Fsp3) is 0.500. The molecule has 24 heavy (non-hydrogen) atoms. The highest BCUT2D eigenvalue weighted by Gasteiger charge is 2.61. The van der Waals surface area contributed by atoms with Gasteiger partial charge in [0.15, 0.2) is 0 Å². The third-order valence-corrected chi connectivity index (χ3v) is 7.09. The van der Waals surface area contributed by atoms with E-state index >= 15 is 0 Å². The maximum Gasteiger partial charge on any atom is 0.252 e. The van der Waals surface area contributed by atoms with E-state index in [1.54, 1.807) is 0 Å². The Morgan fingerprint density at radius 1 is 1.25 bits per heavy atom. The van der Waals surface area contributed by atoms with Crippen LogP contribution in [0.2, 0.25) is 0 Å². The van der Waals surface area contributed by atoms with Gasteiger partial charge in [-0.15, -0.1) is 0 Å². The Kier molecular flexibility index (Phi) is 3.18. The Bertz CT molecular complexity index is 883. The number of nitrogens with one attached hydrogen (secondary N) is 2. The molecule has 3 atom stereocenters. The van der Waals surface area contributed by atoms with Gasteiger partial charge < -0.3 is 10.3 Å². The van der Waals surface area contributed by atoms with Crippen molar-refractivity contribution in [2.45, 2.75) is 46.1 Å². The molecule has 4 nitrogen and oxygen atoms in total. The number of H-pyrrole nitrogens is 1. The summed E-state index contributed by atoms with van der Waals surface area (Å²) in [6.07, 6.45) is 3.45. The summed E-state index contributed by atoms with van der Waals surface area (Å²) in [5.74, 6) is 0.538. The van der Waals surface area contributed by atoms with Gasteiger partial charge in [-0.05, 0) is 42.1 Å². The van der Waals surface area contributed by atoms with Crippen LogP contribution >= 0.6 is 0 Å². The molecule has 2 saturated carbocycles. The molecule has 2 N–H and O–H groups in total. The molecule has 0 aliphatic heterocycles. The Balaban J connectivity index is 1.68. The van der Waals surface area contributed by atoms with Crippen LogP contribution in [-0.2, 0) is 0 Å². The van der Waals surface area contributed by atoms with Gasteiger partial charge in [0.2, 0.25) is 5.56 Å². The lowest BCUT2D eigenvalue weighted by Crippen LogP contribution is -2.47. The lowest BCUT2D eigenvalue weighted by atomic mass is 9.69. The van der Waals surface area contributed by atoms with Gasteiger partial charge in [0.1, 0.15) is 0 Å². The maximum atomic E-state index is 12.9. The summed E-state index contributed by atoms with van der Waals surface area (Å²) >= 11 is 0. The average Bonchev–Trinajstić information content (AvgIpc) is 2.87. The van der Waals surface area contributed by atoms with Crippen molar-refractivity contribution in [3.63, 3.8) is 0 Å². The van der Waals surface area contributed by atoms with Crippen molar-refractivity contribution in [2.24, 2.45) is 16.7 Å². The van der Waals surface area contributed by atoms with E-state index in [0.29, 0.717) is 17.0 Å². The summed E-state index contributed by atoms with van der Waals surface area (Å²) in [4.78, 5) is 27.6. The van der Waals surface area contributed by atoms with Crippen LogP contribution in [0.1, 0.15) is 50.4 Å². The zero-order valence-electron chi connectivity index (χ0n) is 14.5. The molecule has 1 aromatic carbocycles. The Morgan fingerprint density at radius 2 is 2.00 bits per heavy atom. The Hall–Kier alpha value is -2.10. The lowest BCUT2D eigenvalue weighted by molar-refractivity contribution is 0.0827. The molecule has 0 saturated heterocycles. The second kappa shape index (κ2) is 4.95. The van der Waals surface area contributed by atoms with E-state index in [-0.39, 0.29) is 28.3 Å². The topological polar surface area (TPSA) is 62.0 Å². The van der Waals surface area contributed by atoms with E-state index in [2.05, 4.69) is 31.1 Å². The van der Waals surface area contributed by atoms with Gasteiger partial charge in [-0.3, -0.25) is 9.59 Å². The number of carbonyl (C=O) groups is 1. The molecule has 126 valence electrons. The number of hydrogen-bond donors (Lipinski definition) is 2. The molecule has 1 heterocycles. The highest BCUT2D eigenvalue weighted by molar-refractivity contribution is 6.06. The third-order valence-electron chi connectivity index (χ3n) is 7.09. The number of amides is 1. The molecular formula is C20H24N2O2. The summed E-state index contributed by atoms with van der Waals surface area (Å²) in [5.41, 5.74) is 1.32. The van der Waals surface area contributed by atoms with E-state index < -0.39 is 0 Å². The van der Waals surface area contributed by atoms with Crippen LogP contribution in [0.25, 0.3) is 10.9 Å². The predicted octanol–water partition coefficient (Wildman–Crippen LogP) is 3.47. The molecule has 2 aliphatic carbocycles. The number of fused-ring (bicyclic) bond motifs is 3. The van der Waals surface area contributed by atoms with Crippen molar-refractivity contribution in [1.82, 2.24) is 10.3 Å². The summed E-state index contributed by atoms with van der Waals surface area (Å²) < 4.78 is 0. The van der Waals surface area contributed by atoms with Gasteiger partial charge in [0.05, 0.1) is 5.56 Å². The molecule has 4 rings (SSSR count). The quantitative estimate of drug-likeness (QED) is 0.888. The van der Waals surface area contributed by atoms with Crippen LogP contribution in [0.15, 0.2) is 35.1 Å². The van der Waals surface area contributed by atoms with Gasteiger partial charge in [-0.25, -0.2) is 0 Å². The molecule has 2 fully saturated rings. The first-order chi connectivity index (χ1) is 11.3. The van der Waals surface area contributed by atoms with Crippen LogP contribution in [0.4, 0.5) is 0 Å². The minimum Gasteiger partial charge on any atom is -0.349 e. The average molecular weight is 324 g/mol. The van der Waals surface area contributed by atoms with Gasteiger partial charge >= 0.3 is 0 Å². The molecule has 4 heteroatoms. The number of aromatic amines is 1. The maximum absolute atomic E-state index is 12.9. The fourth-order valence-corrected chi connectivity index (χ4v) is 5.05. The SMILES string of the molecule is CC1(C)[C@H]2CC[C@@]1(C)[C@@H](NC(=O)c1cc(=O)[nH]c3ccccc13)C2. The van der Waals surface area contributed by atoms with E-state index in [9.17, 15) is 9.59 Å². The molecule has 0 radical (unpaired) electrons.